The van der Waals surface area contributed by atoms with Crippen LogP contribution in [0.2, 0.25) is 0 Å². The highest BCUT2D eigenvalue weighted by Gasteiger charge is 2.41. The Bertz CT molecular complexity index is 239. The van der Waals surface area contributed by atoms with Crippen molar-refractivity contribution in [2.75, 3.05) is 0 Å². The van der Waals surface area contributed by atoms with Crippen LogP contribution in [-0.2, 0) is 9.53 Å². The number of carbonyl (C=O) groups excluding carboxylic acids is 1. The zero-order valence-electron chi connectivity index (χ0n) is 9.32. The lowest BCUT2D eigenvalue weighted by Gasteiger charge is -2.43. The van der Waals surface area contributed by atoms with Crippen molar-refractivity contribution in [1.82, 2.24) is 0 Å². The van der Waals surface area contributed by atoms with Crippen LogP contribution < -0.4 is 0 Å². The van der Waals surface area contributed by atoms with Crippen molar-refractivity contribution in [1.29, 1.82) is 0 Å². The molecule has 15 heavy (non-hydrogen) atoms. The Hall–Kier alpha value is -0.570. The van der Waals surface area contributed by atoms with E-state index in [0.29, 0.717) is 11.8 Å². The van der Waals surface area contributed by atoms with E-state index in [-0.39, 0.29) is 18.2 Å². The summed E-state index contributed by atoms with van der Waals surface area (Å²) < 4.78 is 5.36. The van der Waals surface area contributed by atoms with Gasteiger partial charge in [0.15, 0.2) is 0 Å². The van der Waals surface area contributed by atoms with Gasteiger partial charge >= 0.3 is 5.97 Å². The second kappa shape index (κ2) is 4.52. The Morgan fingerprint density at radius 3 is 2.47 bits per heavy atom. The van der Waals surface area contributed by atoms with E-state index in [0.717, 1.165) is 25.7 Å². The molecule has 2 aliphatic carbocycles. The third-order valence-electron chi connectivity index (χ3n) is 3.91. The Morgan fingerprint density at radius 2 is 1.80 bits per heavy atom. The summed E-state index contributed by atoms with van der Waals surface area (Å²) in [5, 5.41) is 9.92. The molecule has 1 N–H and O–H groups in total. The van der Waals surface area contributed by atoms with Gasteiger partial charge in [0.1, 0.15) is 6.10 Å². The highest BCUT2D eigenvalue weighted by Crippen LogP contribution is 2.41. The lowest BCUT2D eigenvalue weighted by molar-refractivity contribution is -0.158. The first-order valence-corrected chi connectivity index (χ1v) is 6.04. The molecular formula is C12H20O3. The minimum absolute atomic E-state index is 0.0659. The number of fused-ring (bicyclic) bond motifs is 1. The molecule has 0 saturated heterocycles. The Morgan fingerprint density at radius 1 is 1.13 bits per heavy atom. The molecule has 0 aromatic heterocycles. The quantitative estimate of drug-likeness (QED) is 0.675. The van der Waals surface area contributed by atoms with Crippen LogP contribution in [0.5, 0.6) is 0 Å². The maximum absolute atomic E-state index is 11.0. The molecule has 2 rings (SSSR count). The van der Waals surface area contributed by atoms with Crippen LogP contribution in [0.1, 0.15) is 45.4 Å². The van der Waals surface area contributed by atoms with Gasteiger partial charge in [0, 0.05) is 12.8 Å². The molecule has 4 atom stereocenters. The van der Waals surface area contributed by atoms with E-state index < -0.39 is 0 Å². The van der Waals surface area contributed by atoms with Crippen LogP contribution in [0.15, 0.2) is 0 Å². The van der Waals surface area contributed by atoms with Crippen molar-refractivity contribution in [3.63, 3.8) is 0 Å². The van der Waals surface area contributed by atoms with Crippen molar-refractivity contribution >= 4 is 5.97 Å². The summed E-state index contributed by atoms with van der Waals surface area (Å²) in [5.41, 5.74) is 0. The van der Waals surface area contributed by atoms with Crippen molar-refractivity contribution < 1.29 is 14.6 Å². The number of hydrogen-bond donors (Lipinski definition) is 1. The maximum atomic E-state index is 11.0. The van der Waals surface area contributed by atoms with E-state index in [1.54, 1.807) is 0 Å². The summed E-state index contributed by atoms with van der Waals surface area (Å²) >= 11 is 0. The average molecular weight is 212 g/mol. The molecule has 0 spiro atoms. The number of hydrogen-bond acceptors (Lipinski definition) is 3. The second-order valence-electron chi connectivity index (χ2n) is 4.90. The van der Waals surface area contributed by atoms with Crippen molar-refractivity contribution in [3.8, 4) is 0 Å². The summed E-state index contributed by atoms with van der Waals surface area (Å²) in [6, 6.07) is 0. The first-order valence-electron chi connectivity index (χ1n) is 6.04. The maximum Gasteiger partial charge on any atom is 0.302 e. The van der Waals surface area contributed by atoms with Crippen LogP contribution >= 0.6 is 0 Å². The molecule has 0 heterocycles. The van der Waals surface area contributed by atoms with Crippen LogP contribution in [0, 0.1) is 11.8 Å². The highest BCUT2D eigenvalue weighted by atomic mass is 16.5. The van der Waals surface area contributed by atoms with E-state index in [1.165, 1.54) is 19.8 Å². The summed E-state index contributed by atoms with van der Waals surface area (Å²) in [5.74, 6) is 0.601. The molecule has 0 bridgehead atoms. The number of esters is 1. The van der Waals surface area contributed by atoms with Crippen molar-refractivity contribution in [2.45, 2.75) is 57.7 Å². The average Bonchev–Trinajstić information content (AvgIpc) is 2.22. The molecule has 0 radical (unpaired) electrons. The van der Waals surface area contributed by atoms with Crippen LogP contribution in [0.3, 0.4) is 0 Å². The van der Waals surface area contributed by atoms with Crippen LogP contribution in [0.25, 0.3) is 0 Å². The molecule has 0 aromatic rings. The zero-order chi connectivity index (χ0) is 10.8. The monoisotopic (exact) mass is 212 g/mol. The number of ether oxygens (including phenoxy) is 1. The fourth-order valence-corrected chi connectivity index (χ4v) is 3.25. The third-order valence-corrected chi connectivity index (χ3v) is 3.91. The first kappa shape index (κ1) is 10.9. The molecule has 2 fully saturated rings. The van der Waals surface area contributed by atoms with E-state index in [4.69, 9.17) is 4.74 Å². The van der Waals surface area contributed by atoms with Crippen molar-refractivity contribution in [2.24, 2.45) is 11.8 Å². The summed E-state index contributed by atoms with van der Waals surface area (Å²) in [4.78, 5) is 11.0. The minimum Gasteiger partial charge on any atom is -0.462 e. The first-order chi connectivity index (χ1) is 7.18. The third kappa shape index (κ3) is 2.33. The molecule has 2 saturated carbocycles. The Kier molecular flexibility index (Phi) is 3.29. The molecule has 3 heteroatoms. The van der Waals surface area contributed by atoms with Gasteiger partial charge < -0.3 is 9.84 Å². The van der Waals surface area contributed by atoms with Crippen molar-refractivity contribution in [3.05, 3.63) is 0 Å². The number of aliphatic hydroxyl groups is 1. The van der Waals surface area contributed by atoms with Crippen LogP contribution in [-0.4, -0.2) is 23.3 Å². The fraction of sp³-hybridized carbons (Fsp3) is 0.917. The topological polar surface area (TPSA) is 46.5 Å². The molecule has 0 amide bonds. The Labute approximate surface area is 90.8 Å². The predicted octanol–water partition coefficient (Wildman–Crippen LogP) is 1.88. The van der Waals surface area contributed by atoms with Gasteiger partial charge in [-0.3, -0.25) is 4.79 Å². The van der Waals surface area contributed by atoms with E-state index in [1.807, 2.05) is 0 Å². The fourth-order valence-electron chi connectivity index (χ4n) is 3.25. The molecule has 3 nitrogen and oxygen atoms in total. The van der Waals surface area contributed by atoms with Gasteiger partial charge in [-0.15, -0.1) is 0 Å². The van der Waals surface area contributed by atoms with E-state index in [9.17, 15) is 9.90 Å². The molecule has 0 aromatic carbocycles. The molecule has 0 aliphatic heterocycles. The molecule has 0 unspecified atom stereocenters. The van der Waals surface area contributed by atoms with Gasteiger partial charge in [0.25, 0.3) is 0 Å². The predicted molar refractivity (Wildman–Crippen MR) is 56.2 cm³/mol. The lowest BCUT2D eigenvalue weighted by atomic mass is 9.68. The molecule has 2 aliphatic rings. The smallest absolute Gasteiger partial charge is 0.302 e. The highest BCUT2D eigenvalue weighted by molar-refractivity contribution is 5.66. The largest absolute Gasteiger partial charge is 0.462 e. The van der Waals surface area contributed by atoms with Crippen LogP contribution in [0.4, 0.5) is 0 Å². The van der Waals surface area contributed by atoms with Gasteiger partial charge in [-0.25, -0.2) is 0 Å². The molecule has 86 valence electrons. The summed E-state index contributed by atoms with van der Waals surface area (Å²) in [6.45, 7) is 1.48. The normalized spacial score (nSPS) is 40.7. The van der Waals surface area contributed by atoms with Gasteiger partial charge in [0.2, 0.25) is 0 Å². The van der Waals surface area contributed by atoms with Gasteiger partial charge in [-0.1, -0.05) is 12.8 Å². The van der Waals surface area contributed by atoms with Gasteiger partial charge in [-0.05, 0) is 31.6 Å². The lowest BCUT2D eigenvalue weighted by Crippen LogP contribution is -2.44. The minimum atomic E-state index is -0.180. The SMILES string of the molecule is CC(=O)O[C@H]1CC[C@@H](O)[C@H]2CCCC[C@H]21. The zero-order valence-corrected chi connectivity index (χ0v) is 9.32. The number of rotatable bonds is 1. The summed E-state index contributed by atoms with van der Waals surface area (Å²) in [7, 11) is 0. The number of aliphatic hydroxyl groups excluding tert-OH is 1. The Balaban J connectivity index is 2.03. The second-order valence-corrected chi connectivity index (χ2v) is 4.90. The summed E-state index contributed by atoms with van der Waals surface area (Å²) in [6.07, 6.45) is 6.17. The number of carbonyl (C=O) groups is 1. The van der Waals surface area contributed by atoms with Gasteiger partial charge in [0.05, 0.1) is 6.10 Å². The standard InChI is InChI=1S/C12H20O3/c1-8(13)15-12-7-6-11(14)9-4-2-3-5-10(9)12/h9-12,14H,2-7H2,1H3/t9-,10+,11+,12-/m0/s1. The van der Waals surface area contributed by atoms with Gasteiger partial charge in [-0.2, -0.15) is 0 Å². The van der Waals surface area contributed by atoms with E-state index in [2.05, 4.69) is 0 Å². The molecular weight excluding hydrogens is 192 g/mol. The van der Waals surface area contributed by atoms with E-state index >= 15 is 0 Å².